The topological polar surface area (TPSA) is 77.5 Å². The van der Waals surface area contributed by atoms with Gasteiger partial charge in [0.25, 0.3) is 0 Å². The largest absolute Gasteiger partial charge is 0.545 e. The van der Waals surface area contributed by atoms with Gasteiger partial charge in [0.05, 0.1) is 23.5 Å². The summed E-state index contributed by atoms with van der Waals surface area (Å²) in [6, 6.07) is 6.06. The van der Waals surface area contributed by atoms with Gasteiger partial charge in [-0.15, -0.1) is 0 Å². The molecule has 0 unspecified atom stereocenters. The molecule has 3 fully saturated rings. The van der Waals surface area contributed by atoms with Crippen molar-refractivity contribution in [1.82, 2.24) is 0 Å². The van der Waals surface area contributed by atoms with E-state index < -0.39 is 5.97 Å². The Morgan fingerprint density at radius 1 is 1.05 bits per heavy atom. The number of carbonyl (C=O) groups excluding carboxylic acids is 3. The van der Waals surface area contributed by atoms with E-state index in [1.807, 2.05) is 0 Å². The number of nitrogens with zero attached hydrogens (tertiary/aromatic N) is 1. The van der Waals surface area contributed by atoms with Crippen molar-refractivity contribution in [3.8, 4) is 0 Å². The standard InChI is InChI=1S/C16H15NO4/c18-14-12-8-5-6-9(7-8)13(12)15(19)17(14)11-4-2-1-3-10(11)16(20)21/h1-4,8-9,12-13H,5-7H2,(H,20,21)/p-1/t8-,9-,12-,13-/m0/s1. The normalized spacial score (nSPS) is 33.6. The summed E-state index contributed by atoms with van der Waals surface area (Å²) < 4.78 is 0. The first-order chi connectivity index (χ1) is 10.1. The zero-order valence-electron chi connectivity index (χ0n) is 11.3. The molecule has 4 atom stereocenters. The first-order valence-corrected chi connectivity index (χ1v) is 7.28. The van der Waals surface area contributed by atoms with Crippen molar-refractivity contribution in [3.05, 3.63) is 29.8 Å². The Morgan fingerprint density at radius 3 is 2.19 bits per heavy atom. The number of carbonyl (C=O) groups is 3. The minimum atomic E-state index is -1.37. The lowest BCUT2D eigenvalue weighted by molar-refractivity contribution is -0.254. The molecule has 1 aromatic rings. The molecule has 1 heterocycles. The van der Waals surface area contributed by atoms with Gasteiger partial charge < -0.3 is 9.90 Å². The average Bonchev–Trinajstić information content (AvgIpc) is 3.13. The van der Waals surface area contributed by atoms with Crippen molar-refractivity contribution < 1.29 is 19.5 Å². The van der Waals surface area contributed by atoms with Gasteiger partial charge in [-0.05, 0) is 37.2 Å². The van der Waals surface area contributed by atoms with E-state index >= 15 is 0 Å². The fourth-order valence-electron chi connectivity index (χ4n) is 4.49. The van der Waals surface area contributed by atoms with Crippen LogP contribution in [0.25, 0.3) is 0 Å². The van der Waals surface area contributed by atoms with E-state index in [0.717, 1.165) is 24.2 Å². The van der Waals surface area contributed by atoms with Gasteiger partial charge in [-0.25, -0.2) is 4.90 Å². The number of hydrogen-bond acceptors (Lipinski definition) is 4. The van der Waals surface area contributed by atoms with Gasteiger partial charge in [-0.2, -0.15) is 0 Å². The van der Waals surface area contributed by atoms with Gasteiger partial charge in [0.1, 0.15) is 0 Å². The lowest BCUT2D eigenvalue weighted by Gasteiger charge is -2.20. The molecule has 1 aliphatic heterocycles. The highest BCUT2D eigenvalue weighted by molar-refractivity contribution is 6.24. The number of imide groups is 1. The molecule has 5 nitrogen and oxygen atoms in total. The van der Waals surface area contributed by atoms with Gasteiger partial charge in [-0.1, -0.05) is 18.2 Å². The Bertz CT molecular complexity index is 640. The summed E-state index contributed by atoms with van der Waals surface area (Å²) in [5, 5.41) is 11.2. The third kappa shape index (κ3) is 1.54. The molecule has 0 radical (unpaired) electrons. The number of para-hydroxylation sites is 1. The summed E-state index contributed by atoms with van der Waals surface area (Å²) >= 11 is 0. The molecule has 2 saturated carbocycles. The minimum absolute atomic E-state index is 0.105. The number of rotatable bonds is 2. The lowest BCUT2D eigenvalue weighted by atomic mass is 9.81. The minimum Gasteiger partial charge on any atom is -0.545 e. The van der Waals surface area contributed by atoms with Crippen LogP contribution in [-0.2, 0) is 9.59 Å². The van der Waals surface area contributed by atoms with Crippen molar-refractivity contribution in [2.75, 3.05) is 4.90 Å². The number of carboxylic acids is 1. The molecule has 2 bridgehead atoms. The molecule has 0 spiro atoms. The molecule has 5 heteroatoms. The average molecular weight is 284 g/mol. The van der Waals surface area contributed by atoms with Crippen LogP contribution in [0.4, 0.5) is 5.69 Å². The highest BCUT2D eigenvalue weighted by atomic mass is 16.4. The second-order valence-corrected chi connectivity index (χ2v) is 6.20. The molecule has 108 valence electrons. The fraction of sp³-hybridized carbons (Fsp3) is 0.438. The van der Waals surface area contributed by atoms with Crippen LogP contribution in [0.3, 0.4) is 0 Å². The van der Waals surface area contributed by atoms with Crippen molar-refractivity contribution in [3.63, 3.8) is 0 Å². The van der Waals surface area contributed by atoms with Crippen LogP contribution in [0.5, 0.6) is 0 Å². The van der Waals surface area contributed by atoms with Crippen LogP contribution in [-0.4, -0.2) is 17.8 Å². The van der Waals surface area contributed by atoms with Crippen molar-refractivity contribution in [2.24, 2.45) is 23.7 Å². The van der Waals surface area contributed by atoms with E-state index in [4.69, 9.17) is 0 Å². The molecule has 3 aliphatic rings. The maximum atomic E-state index is 12.7. The number of fused-ring (bicyclic) bond motifs is 5. The lowest BCUT2D eigenvalue weighted by Crippen LogP contribution is -2.35. The van der Waals surface area contributed by atoms with Gasteiger partial charge >= 0.3 is 0 Å². The molecule has 4 rings (SSSR count). The zero-order chi connectivity index (χ0) is 14.7. The van der Waals surface area contributed by atoms with Crippen molar-refractivity contribution in [1.29, 1.82) is 0 Å². The second-order valence-electron chi connectivity index (χ2n) is 6.20. The number of aromatic carboxylic acids is 1. The maximum Gasteiger partial charge on any atom is 0.237 e. The second kappa shape index (κ2) is 4.16. The molecule has 1 aromatic carbocycles. The zero-order valence-corrected chi connectivity index (χ0v) is 11.3. The highest BCUT2D eigenvalue weighted by Crippen LogP contribution is 2.56. The summed E-state index contributed by atoms with van der Waals surface area (Å²) in [6.45, 7) is 0. The highest BCUT2D eigenvalue weighted by Gasteiger charge is 2.61. The van der Waals surface area contributed by atoms with Crippen LogP contribution in [0.15, 0.2) is 24.3 Å². The van der Waals surface area contributed by atoms with E-state index in [1.165, 1.54) is 12.1 Å². The first-order valence-electron chi connectivity index (χ1n) is 7.28. The predicted molar refractivity (Wildman–Crippen MR) is 71.1 cm³/mol. The first kappa shape index (κ1) is 12.6. The Balaban J connectivity index is 1.79. The van der Waals surface area contributed by atoms with E-state index in [-0.39, 0.29) is 46.7 Å². The van der Waals surface area contributed by atoms with Crippen LogP contribution >= 0.6 is 0 Å². The molecule has 0 N–H and O–H groups in total. The van der Waals surface area contributed by atoms with Crippen molar-refractivity contribution in [2.45, 2.75) is 19.3 Å². The molecular formula is C16H14NO4-. The van der Waals surface area contributed by atoms with Gasteiger partial charge in [0, 0.05) is 5.56 Å². The molecule has 1 saturated heterocycles. The SMILES string of the molecule is O=C([O-])c1ccccc1N1C(=O)[C@H]2[C@H]3CC[C@@H](C3)[C@@H]2C1=O. The fourth-order valence-corrected chi connectivity index (χ4v) is 4.49. The number of carboxylic acid groups (broad SMARTS) is 1. The van der Waals surface area contributed by atoms with Crippen LogP contribution in [0.1, 0.15) is 29.6 Å². The van der Waals surface area contributed by atoms with E-state index in [2.05, 4.69) is 0 Å². The van der Waals surface area contributed by atoms with E-state index in [1.54, 1.807) is 12.1 Å². The van der Waals surface area contributed by atoms with Crippen LogP contribution in [0.2, 0.25) is 0 Å². The van der Waals surface area contributed by atoms with Crippen LogP contribution in [0, 0.1) is 23.7 Å². The summed E-state index contributed by atoms with van der Waals surface area (Å²) in [5.41, 5.74) is 0.0489. The van der Waals surface area contributed by atoms with E-state index in [0.29, 0.717) is 0 Å². The third-order valence-electron chi connectivity index (χ3n) is 5.29. The molecule has 2 amide bonds. The predicted octanol–water partition coefficient (Wildman–Crippen LogP) is 0.586. The monoisotopic (exact) mass is 284 g/mol. The Hall–Kier alpha value is -2.17. The van der Waals surface area contributed by atoms with Gasteiger partial charge in [0.15, 0.2) is 0 Å². The number of anilines is 1. The molecule has 21 heavy (non-hydrogen) atoms. The summed E-state index contributed by atoms with van der Waals surface area (Å²) in [7, 11) is 0. The Kier molecular flexibility index (Phi) is 2.49. The number of benzene rings is 1. The van der Waals surface area contributed by atoms with Crippen LogP contribution < -0.4 is 10.0 Å². The third-order valence-corrected chi connectivity index (χ3v) is 5.29. The van der Waals surface area contributed by atoms with Gasteiger partial charge in [0.2, 0.25) is 11.8 Å². The summed E-state index contributed by atoms with van der Waals surface area (Å²) in [6.07, 6.45) is 2.96. The summed E-state index contributed by atoms with van der Waals surface area (Å²) in [4.78, 5) is 37.6. The number of amides is 2. The summed E-state index contributed by atoms with van der Waals surface area (Å²) in [5.74, 6) is -1.74. The van der Waals surface area contributed by atoms with E-state index in [9.17, 15) is 19.5 Å². The number of hydrogen-bond donors (Lipinski definition) is 0. The quantitative estimate of drug-likeness (QED) is 0.744. The smallest absolute Gasteiger partial charge is 0.237 e. The van der Waals surface area contributed by atoms with Gasteiger partial charge in [-0.3, -0.25) is 9.59 Å². The molecule has 0 aromatic heterocycles. The molecular weight excluding hydrogens is 270 g/mol. The molecule has 2 aliphatic carbocycles. The Labute approximate surface area is 121 Å². The maximum absolute atomic E-state index is 12.7. The van der Waals surface area contributed by atoms with Crippen molar-refractivity contribution >= 4 is 23.5 Å². The Morgan fingerprint density at radius 2 is 1.62 bits per heavy atom.